The van der Waals surface area contributed by atoms with Crippen LogP contribution in [0.1, 0.15) is 17.5 Å². The maximum Gasteiger partial charge on any atom is 0.123 e. The molecule has 1 aliphatic heterocycles. The van der Waals surface area contributed by atoms with Crippen molar-refractivity contribution >= 4 is 0 Å². The minimum atomic E-state index is -0.266. The van der Waals surface area contributed by atoms with Gasteiger partial charge in [0, 0.05) is 0 Å². The van der Waals surface area contributed by atoms with Gasteiger partial charge in [0.25, 0.3) is 0 Å². The lowest BCUT2D eigenvalue weighted by molar-refractivity contribution is 0.241. The quantitative estimate of drug-likeness (QED) is 0.799. The molecule has 1 saturated heterocycles. The summed E-state index contributed by atoms with van der Waals surface area (Å²) in [6.45, 7) is 0.504. The second kappa shape index (κ2) is 6.90. The number of hydrogen-bond acceptors (Lipinski definition) is 3. The summed E-state index contributed by atoms with van der Waals surface area (Å²) in [4.78, 5) is 0. The third-order valence-corrected chi connectivity index (χ3v) is 3.83. The molecular weight excluding hydrogens is 283 g/mol. The van der Waals surface area contributed by atoms with Crippen molar-refractivity contribution in [1.82, 2.24) is 0 Å². The molecule has 0 saturated carbocycles. The molecule has 0 spiro atoms. The van der Waals surface area contributed by atoms with Gasteiger partial charge in [-0.05, 0) is 42.2 Å². The zero-order chi connectivity index (χ0) is 15.4. The first-order valence-electron chi connectivity index (χ1n) is 7.48. The van der Waals surface area contributed by atoms with Crippen LogP contribution in [0, 0.1) is 5.82 Å². The molecule has 3 rings (SSSR count). The van der Waals surface area contributed by atoms with Crippen LogP contribution in [0.2, 0.25) is 0 Å². The molecule has 4 heteroatoms. The molecule has 0 aliphatic carbocycles. The summed E-state index contributed by atoms with van der Waals surface area (Å²) in [5, 5.41) is 8.97. The summed E-state index contributed by atoms with van der Waals surface area (Å²) >= 11 is 0. The third-order valence-electron chi connectivity index (χ3n) is 3.83. The van der Waals surface area contributed by atoms with Crippen LogP contribution in [0.4, 0.5) is 4.39 Å². The van der Waals surface area contributed by atoms with E-state index in [2.05, 4.69) is 0 Å². The summed E-state index contributed by atoms with van der Waals surface area (Å²) in [5.74, 6) is 0.434. The van der Waals surface area contributed by atoms with Crippen LogP contribution in [0.5, 0.6) is 5.75 Å². The monoisotopic (exact) mass is 302 g/mol. The Morgan fingerprint density at radius 1 is 1.09 bits per heavy atom. The van der Waals surface area contributed by atoms with E-state index in [-0.39, 0.29) is 24.6 Å². The number of aliphatic hydroxyl groups is 1. The Bertz CT molecular complexity index is 615. The average molecular weight is 302 g/mol. The summed E-state index contributed by atoms with van der Waals surface area (Å²) in [6.07, 6.45) is 1.46. The highest BCUT2D eigenvalue weighted by molar-refractivity contribution is 5.34. The Kier molecular flexibility index (Phi) is 4.71. The number of benzene rings is 2. The summed E-state index contributed by atoms with van der Waals surface area (Å²) in [7, 11) is 0. The maximum absolute atomic E-state index is 13.5. The highest BCUT2D eigenvalue weighted by atomic mass is 19.1. The Balaban J connectivity index is 1.62. The standard InChI is InChI=1S/C18H19FO3/c19-15-7-9-16(21-12-13-4-2-1-3-5-13)14(10-15)6-8-17-18(11-20)22-17/h1-5,7,9-10,17-18,20H,6,8,11-12H2/t17-,18?/m1/s1. The molecule has 3 nitrogen and oxygen atoms in total. The van der Waals surface area contributed by atoms with E-state index >= 15 is 0 Å². The molecule has 0 amide bonds. The average Bonchev–Trinajstić information content (AvgIpc) is 3.31. The number of epoxide rings is 1. The number of hydrogen-bond donors (Lipinski definition) is 1. The van der Waals surface area contributed by atoms with Crippen molar-refractivity contribution in [3.8, 4) is 5.75 Å². The summed E-state index contributed by atoms with van der Waals surface area (Å²) in [5.41, 5.74) is 1.91. The number of aliphatic hydroxyl groups excluding tert-OH is 1. The van der Waals surface area contributed by atoms with Crippen molar-refractivity contribution < 1.29 is 19.0 Å². The van der Waals surface area contributed by atoms with Gasteiger partial charge in [-0.25, -0.2) is 4.39 Å². The molecule has 0 radical (unpaired) electrons. The molecule has 116 valence electrons. The van der Waals surface area contributed by atoms with Crippen LogP contribution in [0.3, 0.4) is 0 Å². The first kappa shape index (κ1) is 15.0. The fourth-order valence-electron chi connectivity index (χ4n) is 2.51. The molecule has 1 heterocycles. The number of aryl methyl sites for hydroxylation is 1. The van der Waals surface area contributed by atoms with Crippen LogP contribution < -0.4 is 4.74 Å². The van der Waals surface area contributed by atoms with Gasteiger partial charge in [0.05, 0.1) is 12.7 Å². The molecule has 1 aliphatic rings. The van der Waals surface area contributed by atoms with Gasteiger partial charge in [-0.2, -0.15) is 0 Å². The van der Waals surface area contributed by atoms with E-state index in [1.165, 1.54) is 12.1 Å². The molecule has 0 aromatic heterocycles. The predicted octanol–water partition coefficient (Wildman–Crippen LogP) is 3.10. The van der Waals surface area contributed by atoms with E-state index in [4.69, 9.17) is 14.6 Å². The zero-order valence-electron chi connectivity index (χ0n) is 12.2. The van der Waals surface area contributed by atoms with E-state index in [1.54, 1.807) is 6.07 Å². The second-order valence-corrected chi connectivity index (χ2v) is 5.46. The molecule has 1 unspecified atom stereocenters. The third kappa shape index (κ3) is 3.84. The Morgan fingerprint density at radius 3 is 2.64 bits per heavy atom. The highest BCUT2D eigenvalue weighted by Gasteiger charge is 2.37. The van der Waals surface area contributed by atoms with Gasteiger partial charge < -0.3 is 14.6 Å². The van der Waals surface area contributed by atoms with Crippen molar-refractivity contribution in [2.75, 3.05) is 6.61 Å². The summed E-state index contributed by atoms with van der Waals surface area (Å²) in [6, 6.07) is 14.5. The molecule has 1 fully saturated rings. The predicted molar refractivity (Wildman–Crippen MR) is 81.2 cm³/mol. The van der Waals surface area contributed by atoms with Gasteiger partial charge in [0.15, 0.2) is 0 Å². The van der Waals surface area contributed by atoms with Crippen LogP contribution in [0.25, 0.3) is 0 Å². The van der Waals surface area contributed by atoms with Gasteiger partial charge in [-0.3, -0.25) is 0 Å². The Hall–Kier alpha value is -1.91. The van der Waals surface area contributed by atoms with Crippen molar-refractivity contribution in [3.63, 3.8) is 0 Å². The lowest BCUT2D eigenvalue weighted by atomic mass is 10.1. The van der Waals surface area contributed by atoms with E-state index < -0.39 is 0 Å². The van der Waals surface area contributed by atoms with Crippen molar-refractivity contribution in [2.45, 2.75) is 31.7 Å². The molecule has 0 bridgehead atoms. The van der Waals surface area contributed by atoms with Gasteiger partial charge in [-0.15, -0.1) is 0 Å². The lowest BCUT2D eigenvalue weighted by Gasteiger charge is -2.11. The van der Waals surface area contributed by atoms with E-state index in [0.717, 1.165) is 17.5 Å². The Labute approximate surface area is 129 Å². The molecule has 2 aromatic rings. The van der Waals surface area contributed by atoms with Gasteiger partial charge >= 0.3 is 0 Å². The lowest BCUT2D eigenvalue weighted by Crippen LogP contribution is -2.03. The fraction of sp³-hybridized carbons (Fsp3) is 0.333. The minimum Gasteiger partial charge on any atom is -0.489 e. The van der Waals surface area contributed by atoms with E-state index in [1.807, 2.05) is 30.3 Å². The van der Waals surface area contributed by atoms with Crippen LogP contribution in [-0.4, -0.2) is 23.9 Å². The topological polar surface area (TPSA) is 42.0 Å². The highest BCUT2D eigenvalue weighted by Crippen LogP contribution is 2.29. The normalized spacial score (nSPS) is 19.9. The summed E-state index contributed by atoms with van der Waals surface area (Å²) < 4.78 is 24.6. The number of halogens is 1. The SMILES string of the molecule is OCC1O[C@@H]1CCc1cc(F)ccc1OCc1ccccc1. The number of ether oxygens (including phenoxy) is 2. The van der Waals surface area contributed by atoms with Gasteiger partial charge in [0.1, 0.15) is 24.3 Å². The molecule has 2 atom stereocenters. The first-order valence-corrected chi connectivity index (χ1v) is 7.48. The molecular formula is C18H19FO3. The fourth-order valence-corrected chi connectivity index (χ4v) is 2.51. The van der Waals surface area contributed by atoms with E-state index in [9.17, 15) is 4.39 Å². The van der Waals surface area contributed by atoms with Crippen molar-refractivity contribution in [1.29, 1.82) is 0 Å². The smallest absolute Gasteiger partial charge is 0.123 e. The second-order valence-electron chi connectivity index (χ2n) is 5.46. The van der Waals surface area contributed by atoms with Crippen molar-refractivity contribution in [3.05, 3.63) is 65.5 Å². The molecule has 2 aromatic carbocycles. The van der Waals surface area contributed by atoms with Gasteiger partial charge in [-0.1, -0.05) is 30.3 Å². The zero-order valence-corrected chi connectivity index (χ0v) is 12.2. The van der Waals surface area contributed by atoms with Crippen molar-refractivity contribution in [2.24, 2.45) is 0 Å². The van der Waals surface area contributed by atoms with E-state index in [0.29, 0.717) is 18.8 Å². The minimum absolute atomic E-state index is 0.0468. The molecule has 22 heavy (non-hydrogen) atoms. The maximum atomic E-state index is 13.5. The number of rotatable bonds is 7. The Morgan fingerprint density at radius 2 is 1.91 bits per heavy atom. The largest absolute Gasteiger partial charge is 0.489 e. The first-order chi connectivity index (χ1) is 10.8. The van der Waals surface area contributed by atoms with Crippen LogP contribution >= 0.6 is 0 Å². The van der Waals surface area contributed by atoms with Crippen LogP contribution in [-0.2, 0) is 17.8 Å². The van der Waals surface area contributed by atoms with Crippen LogP contribution in [0.15, 0.2) is 48.5 Å². The van der Waals surface area contributed by atoms with Gasteiger partial charge in [0.2, 0.25) is 0 Å². The molecule has 1 N–H and O–H groups in total.